The van der Waals surface area contributed by atoms with Crippen LogP contribution in [0.4, 0.5) is 10.1 Å². The molecule has 7 nitrogen and oxygen atoms in total. The Kier molecular flexibility index (Phi) is 8.46. The maximum absolute atomic E-state index is 13.3. The summed E-state index contributed by atoms with van der Waals surface area (Å²) in [5.74, 6) is -1.09. The number of halogens is 1. The molecule has 8 heteroatoms. The number of nitrogens with zero attached hydrogens (tertiary/aromatic N) is 2. The monoisotopic (exact) mass is 415 g/mol. The number of para-hydroxylation sites is 1. The second kappa shape index (κ2) is 11.0. The van der Waals surface area contributed by atoms with E-state index in [0.717, 1.165) is 6.42 Å². The normalized spacial score (nSPS) is 11.6. The Morgan fingerprint density at radius 3 is 2.40 bits per heavy atom. The van der Waals surface area contributed by atoms with E-state index in [9.17, 15) is 24.1 Å². The third-order valence-corrected chi connectivity index (χ3v) is 4.73. The van der Waals surface area contributed by atoms with E-state index in [1.165, 1.54) is 35.2 Å². The minimum absolute atomic E-state index is 0.0950. The highest BCUT2D eigenvalue weighted by Crippen LogP contribution is 2.21. The zero-order valence-electron chi connectivity index (χ0n) is 17.1. The van der Waals surface area contributed by atoms with Gasteiger partial charge in [0.2, 0.25) is 11.8 Å². The van der Waals surface area contributed by atoms with Crippen molar-refractivity contribution < 1.29 is 18.9 Å². The topological polar surface area (TPSA) is 92.6 Å². The molecule has 0 spiro atoms. The number of carbonyl (C=O) groups is 2. The van der Waals surface area contributed by atoms with Crippen LogP contribution in [0.2, 0.25) is 0 Å². The van der Waals surface area contributed by atoms with Gasteiger partial charge in [-0.05, 0) is 30.5 Å². The highest BCUT2D eigenvalue weighted by molar-refractivity contribution is 5.88. The molecule has 2 amide bonds. The molecule has 2 aromatic carbocycles. The molecule has 160 valence electrons. The fourth-order valence-electron chi connectivity index (χ4n) is 3.17. The molecule has 0 aliphatic rings. The Hall–Kier alpha value is -3.29. The quantitative estimate of drug-likeness (QED) is 0.474. The lowest BCUT2D eigenvalue weighted by atomic mass is 10.1. The first kappa shape index (κ1) is 23.0. The van der Waals surface area contributed by atoms with Crippen molar-refractivity contribution in [2.75, 3.05) is 6.54 Å². The molecule has 0 bridgehead atoms. The van der Waals surface area contributed by atoms with Crippen molar-refractivity contribution >= 4 is 17.5 Å². The minimum atomic E-state index is -0.739. The van der Waals surface area contributed by atoms with E-state index in [2.05, 4.69) is 5.32 Å². The third-order valence-electron chi connectivity index (χ3n) is 4.73. The molecule has 1 N–H and O–H groups in total. The Labute approximate surface area is 175 Å². The van der Waals surface area contributed by atoms with Gasteiger partial charge < -0.3 is 10.2 Å². The maximum Gasteiger partial charge on any atom is 0.273 e. The van der Waals surface area contributed by atoms with Gasteiger partial charge in [0.15, 0.2) is 0 Å². The molecular weight excluding hydrogens is 389 g/mol. The lowest BCUT2D eigenvalue weighted by Crippen LogP contribution is -2.49. The number of amides is 2. The van der Waals surface area contributed by atoms with Crippen molar-refractivity contribution in [3.8, 4) is 0 Å². The van der Waals surface area contributed by atoms with Crippen LogP contribution in [0.15, 0.2) is 48.5 Å². The SMILES string of the molecule is CCCNC(=O)C(CC)N(Cc1ccc(F)cc1)C(=O)Cc1ccccc1[N+](=O)[O-]. The number of benzene rings is 2. The number of nitrogens with one attached hydrogen (secondary N) is 1. The molecule has 30 heavy (non-hydrogen) atoms. The fraction of sp³-hybridized carbons (Fsp3) is 0.364. The van der Waals surface area contributed by atoms with Crippen LogP contribution >= 0.6 is 0 Å². The van der Waals surface area contributed by atoms with Crippen molar-refractivity contribution in [1.82, 2.24) is 10.2 Å². The second-order valence-electron chi connectivity index (χ2n) is 6.93. The largest absolute Gasteiger partial charge is 0.354 e. The van der Waals surface area contributed by atoms with Gasteiger partial charge in [-0.1, -0.05) is 44.2 Å². The standard InChI is InChI=1S/C22H26FN3O4/c1-3-13-24-22(28)19(4-2)25(15-16-9-11-18(23)12-10-16)21(27)14-17-7-5-6-8-20(17)26(29)30/h5-12,19H,3-4,13-15H2,1-2H3,(H,24,28). The summed E-state index contributed by atoms with van der Waals surface area (Å²) >= 11 is 0. The molecule has 2 rings (SSSR count). The molecule has 0 aliphatic heterocycles. The first-order chi connectivity index (χ1) is 14.4. The number of hydrogen-bond donors (Lipinski definition) is 1. The summed E-state index contributed by atoms with van der Waals surface area (Å²) in [5.41, 5.74) is 0.797. The highest BCUT2D eigenvalue weighted by Gasteiger charge is 2.29. The molecule has 0 saturated heterocycles. The van der Waals surface area contributed by atoms with Crippen LogP contribution in [-0.4, -0.2) is 34.2 Å². The van der Waals surface area contributed by atoms with Gasteiger partial charge in [0.25, 0.3) is 5.69 Å². The summed E-state index contributed by atoms with van der Waals surface area (Å²) in [6, 6.07) is 11.0. The van der Waals surface area contributed by atoms with Crippen molar-refractivity contribution in [3.63, 3.8) is 0 Å². The molecule has 2 aromatic rings. The van der Waals surface area contributed by atoms with Gasteiger partial charge in [0, 0.05) is 24.7 Å². The van der Waals surface area contributed by atoms with E-state index in [4.69, 9.17) is 0 Å². The second-order valence-corrected chi connectivity index (χ2v) is 6.93. The Bertz CT molecular complexity index is 886. The lowest BCUT2D eigenvalue weighted by molar-refractivity contribution is -0.385. The molecular formula is C22H26FN3O4. The van der Waals surface area contributed by atoms with Crippen molar-refractivity contribution in [1.29, 1.82) is 0 Å². The minimum Gasteiger partial charge on any atom is -0.354 e. The van der Waals surface area contributed by atoms with Crippen LogP contribution in [0.5, 0.6) is 0 Å². The zero-order valence-corrected chi connectivity index (χ0v) is 17.1. The van der Waals surface area contributed by atoms with Crippen LogP contribution in [0.1, 0.15) is 37.8 Å². The highest BCUT2D eigenvalue weighted by atomic mass is 19.1. The third kappa shape index (κ3) is 6.10. The summed E-state index contributed by atoms with van der Waals surface area (Å²) in [4.78, 5) is 38.0. The maximum atomic E-state index is 13.3. The molecule has 0 fully saturated rings. The number of rotatable bonds is 10. The summed E-state index contributed by atoms with van der Waals surface area (Å²) in [5, 5.41) is 14.1. The van der Waals surface area contributed by atoms with Gasteiger partial charge in [0.1, 0.15) is 11.9 Å². The summed E-state index contributed by atoms with van der Waals surface area (Å²) in [6.07, 6.45) is 0.916. The van der Waals surface area contributed by atoms with E-state index >= 15 is 0 Å². The van der Waals surface area contributed by atoms with E-state index in [1.807, 2.05) is 6.92 Å². The number of hydrogen-bond acceptors (Lipinski definition) is 4. The number of nitro benzene ring substituents is 1. The molecule has 0 heterocycles. The summed E-state index contributed by atoms with van der Waals surface area (Å²) < 4.78 is 13.3. The Balaban J connectivity index is 2.33. The van der Waals surface area contributed by atoms with E-state index in [1.54, 1.807) is 25.1 Å². The van der Waals surface area contributed by atoms with Gasteiger partial charge in [0.05, 0.1) is 11.3 Å². The van der Waals surface area contributed by atoms with Crippen LogP contribution in [0, 0.1) is 15.9 Å². The predicted molar refractivity (Wildman–Crippen MR) is 111 cm³/mol. The average Bonchev–Trinajstić information content (AvgIpc) is 2.73. The predicted octanol–water partition coefficient (Wildman–Crippen LogP) is 3.61. The number of nitro groups is 1. The van der Waals surface area contributed by atoms with Crippen molar-refractivity contribution in [2.24, 2.45) is 0 Å². The van der Waals surface area contributed by atoms with Crippen LogP contribution in [0.25, 0.3) is 0 Å². The van der Waals surface area contributed by atoms with E-state index in [-0.39, 0.29) is 30.1 Å². The Morgan fingerprint density at radius 2 is 1.80 bits per heavy atom. The van der Waals surface area contributed by atoms with Crippen LogP contribution < -0.4 is 5.32 Å². The molecule has 0 aliphatic carbocycles. The molecule has 0 saturated carbocycles. The number of carbonyl (C=O) groups excluding carboxylic acids is 2. The average molecular weight is 415 g/mol. The van der Waals surface area contributed by atoms with Crippen LogP contribution in [-0.2, 0) is 22.6 Å². The van der Waals surface area contributed by atoms with Gasteiger partial charge in [-0.15, -0.1) is 0 Å². The first-order valence-corrected chi connectivity index (χ1v) is 9.91. The van der Waals surface area contributed by atoms with E-state index in [0.29, 0.717) is 18.5 Å². The summed E-state index contributed by atoms with van der Waals surface area (Å²) in [6.45, 7) is 4.30. The molecule has 0 aromatic heterocycles. The molecule has 1 unspecified atom stereocenters. The zero-order chi connectivity index (χ0) is 22.1. The first-order valence-electron chi connectivity index (χ1n) is 9.91. The van der Waals surface area contributed by atoms with Crippen molar-refractivity contribution in [3.05, 3.63) is 75.6 Å². The van der Waals surface area contributed by atoms with Gasteiger partial charge in [-0.2, -0.15) is 0 Å². The van der Waals surface area contributed by atoms with Gasteiger partial charge in [-0.3, -0.25) is 19.7 Å². The van der Waals surface area contributed by atoms with E-state index < -0.39 is 22.7 Å². The molecule has 1 atom stereocenters. The summed E-state index contributed by atoms with van der Waals surface area (Å²) in [7, 11) is 0. The van der Waals surface area contributed by atoms with Gasteiger partial charge >= 0.3 is 0 Å². The fourth-order valence-corrected chi connectivity index (χ4v) is 3.17. The van der Waals surface area contributed by atoms with Gasteiger partial charge in [-0.25, -0.2) is 4.39 Å². The van der Waals surface area contributed by atoms with Crippen molar-refractivity contribution in [2.45, 2.75) is 45.7 Å². The Morgan fingerprint density at radius 1 is 1.13 bits per heavy atom. The smallest absolute Gasteiger partial charge is 0.273 e. The molecule has 0 radical (unpaired) electrons. The lowest BCUT2D eigenvalue weighted by Gasteiger charge is -2.30. The van der Waals surface area contributed by atoms with Crippen LogP contribution in [0.3, 0.4) is 0 Å².